The molecule has 0 spiro atoms. The van der Waals surface area contributed by atoms with Gasteiger partial charge in [-0.2, -0.15) is 0 Å². The lowest BCUT2D eigenvalue weighted by molar-refractivity contribution is -0.129. The Morgan fingerprint density at radius 1 is 1.18 bits per heavy atom. The van der Waals surface area contributed by atoms with Gasteiger partial charge in [-0.05, 0) is 26.0 Å². The van der Waals surface area contributed by atoms with Crippen LogP contribution in [0.2, 0.25) is 0 Å². The van der Waals surface area contributed by atoms with Crippen molar-refractivity contribution in [3.63, 3.8) is 0 Å². The Bertz CT molecular complexity index is 521. The van der Waals surface area contributed by atoms with Crippen LogP contribution in [0.4, 0.5) is 16.3 Å². The summed E-state index contributed by atoms with van der Waals surface area (Å²) in [7, 11) is 0. The van der Waals surface area contributed by atoms with Gasteiger partial charge in [0.1, 0.15) is 5.82 Å². The molecule has 0 atom stereocenters. The molecule has 2 rings (SSSR count). The Morgan fingerprint density at radius 3 is 2.36 bits per heavy atom. The van der Waals surface area contributed by atoms with Gasteiger partial charge in [0.15, 0.2) is 0 Å². The molecule has 1 saturated heterocycles. The molecular formula is C15H23N5O2. The van der Waals surface area contributed by atoms with Crippen molar-refractivity contribution in [2.45, 2.75) is 26.8 Å². The SMILES string of the molecule is CC(=O)N1CCN(c2ccc(NC(=O)NC(C)C)nc2)CC1. The smallest absolute Gasteiger partial charge is 0.320 e. The number of urea groups is 1. The second-order valence-electron chi connectivity index (χ2n) is 5.65. The van der Waals surface area contributed by atoms with Gasteiger partial charge in [-0.15, -0.1) is 0 Å². The number of hydrogen-bond acceptors (Lipinski definition) is 4. The van der Waals surface area contributed by atoms with Crippen molar-refractivity contribution >= 4 is 23.4 Å². The lowest BCUT2D eigenvalue weighted by Gasteiger charge is -2.35. The van der Waals surface area contributed by atoms with Crippen LogP contribution in [0.25, 0.3) is 0 Å². The van der Waals surface area contributed by atoms with E-state index in [1.807, 2.05) is 24.8 Å². The van der Waals surface area contributed by atoms with E-state index >= 15 is 0 Å². The van der Waals surface area contributed by atoms with Crippen molar-refractivity contribution in [1.82, 2.24) is 15.2 Å². The third-order valence-corrected chi connectivity index (χ3v) is 3.50. The number of anilines is 2. The van der Waals surface area contributed by atoms with Crippen molar-refractivity contribution < 1.29 is 9.59 Å². The Morgan fingerprint density at radius 2 is 1.86 bits per heavy atom. The second-order valence-corrected chi connectivity index (χ2v) is 5.65. The fraction of sp³-hybridized carbons (Fsp3) is 0.533. The molecule has 2 N–H and O–H groups in total. The molecule has 1 aliphatic rings. The average Bonchev–Trinajstić information content (AvgIpc) is 2.47. The van der Waals surface area contributed by atoms with Gasteiger partial charge in [0.2, 0.25) is 5.91 Å². The molecule has 1 aromatic heterocycles. The lowest BCUT2D eigenvalue weighted by atomic mass is 10.2. The zero-order chi connectivity index (χ0) is 16.1. The second kappa shape index (κ2) is 7.11. The minimum absolute atomic E-state index is 0.0804. The number of amides is 3. The predicted molar refractivity (Wildman–Crippen MR) is 86.0 cm³/mol. The largest absolute Gasteiger partial charge is 0.367 e. The molecule has 3 amide bonds. The molecule has 0 aliphatic carbocycles. The van der Waals surface area contributed by atoms with E-state index in [9.17, 15) is 9.59 Å². The Hall–Kier alpha value is -2.31. The number of nitrogens with one attached hydrogen (secondary N) is 2. The average molecular weight is 305 g/mol. The summed E-state index contributed by atoms with van der Waals surface area (Å²) >= 11 is 0. The molecule has 2 heterocycles. The predicted octanol–water partition coefficient (Wildman–Crippen LogP) is 1.28. The Kier molecular flexibility index (Phi) is 5.19. The van der Waals surface area contributed by atoms with Crippen molar-refractivity contribution in [1.29, 1.82) is 0 Å². The van der Waals surface area contributed by atoms with Crippen LogP contribution < -0.4 is 15.5 Å². The van der Waals surface area contributed by atoms with Crippen molar-refractivity contribution in [3.05, 3.63) is 18.3 Å². The molecule has 0 unspecified atom stereocenters. The van der Waals surface area contributed by atoms with E-state index in [0.29, 0.717) is 5.82 Å². The molecule has 22 heavy (non-hydrogen) atoms. The number of carbonyl (C=O) groups excluding carboxylic acids is 2. The summed E-state index contributed by atoms with van der Waals surface area (Å²) in [6.07, 6.45) is 1.74. The number of hydrogen-bond donors (Lipinski definition) is 2. The van der Waals surface area contributed by atoms with E-state index in [1.54, 1.807) is 19.2 Å². The first-order valence-electron chi connectivity index (χ1n) is 7.49. The van der Waals surface area contributed by atoms with E-state index in [1.165, 1.54) is 0 Å². The van der Waals surface area contributed by atoms with E-state index in [4.69, 9.17) is 0 Å². The van der Waals surface area contributed by atoms with E-state index in [2.05, 4.69) is 20.5 Å². The fourth-order valence-corrected chi connectivity index (χ4v) is 2.34. The number of pyridine rings is 1. The van der Waals surface area contributed by atoms with Gasteiger partial charge in [0, 0.05) is 39.1 Å². The van der Waals surface area contributed by atoms with Gasteiger partial charge in [-0.3, -0.25) is 10.1 Å². The van der Waals surface area contributed by atoms with Crippen LogP contribution in [0, 0.1) is 0 Å². The first-order valence-corrected chi connectivity index (χ1v) is 7.49. The van der Waals surface area contributed by atoms with Gasteiger partial charge in [0.05, 0.1) is 11.9 Å². The highest BCUT2D eigenvalue weighted by atomic mass is 16.2. The fourth-order valence-electron chi connectivity index (χ4n) is 2.34. The van der Waals surface area contributed by atoms with Gasteiger partial charge in [-0.1, -0.05) is 0 Å². The monoisotopic (exact) mass is 305 g/mol. The molecule has 0 bridgehead atoms. The van der Waals surface area contributed by atoms with Crippen molar-refractivity contribution in [2.75, 3.05) is 36.4 Å². The third kappa shape index (κ3) is 4.34. The van der Waals surface area contributed by atoms with Crippen LogP contribution in [0.3, 0.4) is 0 Å². The summed E-state index contributed by atoms with van der Waals surface area (Å²) in [5.74, 6) is 0.637. The number of rotatable bonds is 3. The van der Waals surface area contributed by atoms with Crippen LogP contribution in [0.5, 0.6) is 0 Å². The molecule has 1 aliphatic heterocycles. The van der Waals surface area contributed by atoms with Gasteiger partial charge < -0.3 is 15.1 Å². The van der Waals surface area contributed by atoms with Gasteiger partial charge in [0.25, 0.3) is 0 Å². The van der Waals surface area contributed by atoms with Crippen LogP contribution in [-0.4, -0.2) is 54.0 Å². The zero-order valence-corrected chi connectivity index (χ0v) is 13.3. The summed E-state index contributed by atoms with van der Waals surface area (Å²) in [6.45, 7) is 8.44. The maximum absolute atomic E-state index is 11.6. The minimum atomic E-state index is -0.259. The minimum Gasteiger partial charge on any atom is -0.367 e. The number of nitrogens with zero attached hydrogens (tertiary/aromatic N) is 3. The quantitative estimate of drug-likeness (QED) is 0.882. The number of piperazine rings is 1. The Labute approximate surface area is 130 Å². The summed E-state index contributed by atoms with van der Waals surface area (Å²) < 4.78 is 0. The van der Waals surface area contributed by atoms with Crippen LogP contribution in [0.1, 0.15) is 20.8 Å². The molecule has 120 valence electrons. The summed E-state index contributed by atoms with van der Waals surface area (Å²) in [5, 5.41) is 5.44. The first-order chi connectivity index (χ1) is 10.5. The normalized spacial score (nSPS) is 14.9. The standard InChI is InChI=1S/C15H23N5O2/c1-11(2)17-15(22)18-14-5-4-13(10-16-14)20-8-6-19(7-9-20)12(3)21/h4-5,10-11H,6-9H2,1-3H3,(H2,16,17,18,22). The highest BCUT2D eigenvalue weighted by molar-refractivity contribution is 5.88. The van der Waals surface area contributed by atoms with E-state index < -0.39 is 0 Å². The third-order valence-electron chi connectivity index (χ3n) is 3.50. The van der Waals surface area contributed by atoms with E-state index in [-0.39, 0.29) is 18.0 Å². The van der Waals surface area contributed by atoms with Crippen LogP contribution in [-0.2, 0) is 4.79 Å². The topological polar surface area (TPSA) is 77.6 Å². The molecule has 0 aromatic carbocycles. The molecular weight excluding hydrogens is 282 g/mol. The molecule has 1 aromatic rings. The lowest BCUT2D eigenvalue weighted by Crippen LogP contribution is -2.48. The summed E-state index contributed by atoms with van der Waals surface area (Å²) in [4.78, 5) is 31.2. The molecule has 0 saturated carbocycles. The maximum atomic E-state index is 11.6. The van der Waals surface area contributed by atoms with Crippen molar-refractivity contribution in [2.24, 2.45) is 0 Å². The summed E-state index contributed by atoms with van der Waals surface area (Å²) in [6, 6.07) is 3.54. The maximum Gasteiger partial charge on any atom is 0.320 e. The molecule has 7 nitrogen and oxygen atoms in total. The molecule has 1 fully saturated rings. The number of aromatic nitrogens is 1. The zero-order valence-electron chi connectivity index (χ0n) is 13.3. The first kappa shape index (κ1) is 16.1. The van der Waals surface area contributed by atoms with Gasteiger partial charge in [-0.25, -0.2) is 9.78 Å². The summed E-state index contributed by atoms with van der Waals surface area (Å²) in [5.41, 5.74) is 0.998. The van der Waals surface area contributed by atoms with E-state index in [0.717, 1.165) is 31.9 Å². The number of carbonyl (C=O) groups is 2. The Balaban J connectivity index is 1.90. The van der Waals surface area contributed by atoms with Crippen LogP contribution >= 0.6 is 0 Å². The molecule has 0 radical (unpaired) electrons. The highest BCUT2D eigenvalue weighted by Crippen LogP contribution is 2.17. The van der Waals surface area contributed by atoms with Gasteiger partial charge >= 0.3 is 6.03 Å². The highest BCUT2D eigenvalue weighted by Gasteiger charge is 2.18. The van der Waals surface area contributed by atoms with Crippen molar-refractivity contribution in [3.8, 4) is 0 Å². The molecule has 7 heteroatoms. The van der Waals surface area contributed by atoms with Crippen LogP contribution in [0.15, 0.2) is 18.3 Å².